The van der Waals surface area contributed by atoms with E-state index in [0.29, 0.717) is 0 Å². The molecule has 0 heterocycles. The molecule has 0 atom stereocenters. The van der Waals surface area contributed by atoms with Crippen LogP contribution in [0.15, 0.2) is 24.3 Å². The fraction of sp³-hybridized carbons (Fsp3) is 0.231. The van der Waals surface area contributed by atoms with Crippen molar-refractivity contribution < 1.29 is 24.0 Å². The Hall–Kier alpha value is -3.30. The number of benzene rings is 1. The van der Waals surface area contributed by atoms with E-state index in [4.69, 9.17) is 16.2 Å². The molecule has 23 heavy (non-hydrogen) atoms. The van der Waals surface area contributed by atoms with Crippen molar-refractivity contribution in [1.29, 1.82) is 0 Å². The second-order valence-electron chi connectivity index (χ2n) is 4.18. The maximum atomic E-state index is 11.2. The van der Waals surface area contributed by atoms with Crippen LogP contribution in [0.1, 0.15) is 10.4 Å². The van der Waals surface area contributed by atoms with Crippen LogP contribution in [0.3, 0.4) is 0 Å². The van der Waals surface area contributed by atoms with Gasteiger partial charge in [-0.2, -0.15) is 0 Å². The van der Waals surface area contributed by atoms with E-state index in [-0.39, 0.29) is 35.8 Å². The molecule has 0 unspecified atom stereocenters. The zero-order valence-corrected chi connectivity index (χ0v) is 12.3. The molecular weight excluding hydrogens is 308 g/mol. The summed E-state index contributed by atoms with van der Waals surface area (Å²) < 4.78 is 9.54. The molecule has 2 amide bonds. The number of nitrogens with two attached hydrogens (primary N) is 2. The largest absolute Gasteiger partial charge is 0.494 e. The number of ether oxygens (including phenoxy) is 2. The number of carbonyl (C=O) groups excluding carboxylic acids is 2. The molecule has 0 spiro atoms. The van der Waals surface area contributed by atoms with Crippen LogP contribution in [-0.2, 0) is 4.74 Å². The fourth-order valence-electron chi connectivity index (χ4n) is 1.67. The van der Waals surface area contributed by atoms with Crippen molar-refractivity contribution in [3.05, 3.63) is 40.0 Å². The number of amides is 2. The van der Waals surface area contributed by atoms with Crippen molar-refractivity contribution in [2.24, 2.45) is 11.5 Å². The van der Waals surface area contributed by atoms with E-state index >= 15 is 0 Å². The number of hydrogen-bond acceptors (Lipinski definition) is 7. The van der Waals surface area contributed by atoms with Gasteiger partial charge in [-0.25, -0.2) is 4.79 Å². The molecule has 0 saturated heterocycles. The molecule has 1 aromatic carbocycles. The van der Waals surface area contributed by atoms with Crippen molar-refractivity contribution in [2.75, 3.05) is 25.6 Å². The second kappa shape index (κ2) is 8.22. The lowest BCUT2D eigenvalue weighted by Gasteiger charge is -2.11. The van der Waals surface area contributed by atoms with E-state index in [1.807, 2.05) is 0 Å². The lowest BCUT2D eigenvalue weighted by Crippen LogP contribution is -2.13. The van der Waals surface area contributed by atoms with Crippen LogP contribution in [0.5, 0.6) is 5.75 Å². The normalized spacial score (nSPS) is 10.3. The van der Waals surface area contributed by atoms with Gasteiger partial charge in [-0.05, 0) is 12.1 Å². The first-order valence-corrected chi connectivity index (χ1v) is 6.34. The third kappa shape index (κ3) is 5.19. The molecule has 0 aliphatic carbocycles. The van der Waals surface area contributed by atoms with Crippen molar-refractivity contribution in [3.8, 4) is 5.75 Å². The van der Waals surface area contributed by atoms with Gasteiger partial charge in [0.1, 0.15) is 12.4 Å². The summed E-state index contributed by atoms with van der Waals surface area (Å²) in [5, 5.41) is 13.9. The molecule has 124 valence electrons. The van der Waals surface area contributed by atoms with Gasteiger partial charge < -0.3 is 26.3 Å². The van der Waals surface area contributed by atoms with Crippen LogP contribution in [0.25, 0.3) is 0 Å². The third-order valence-corrected chi connectivity index (χ3v) is 2.67. The van der Waals surface area contributed by atoms with Gasteiger partial charge in [0, 0.05) is 18.2 Å². The summed E-state index contributed by atoms with van der Waals surface area (Å²) in [6, 6.07) is 2.37. The lowest BCUT2D eigenvalue weighted by molar-refractivity contribution is -0.384. The average molecular weight is 324 g/mol. The molecule has 0 aliphatic heterocycles. The van der Waals surface area contributed by atoms with Gasteiger partial charge in [-0.1, -0.05) is 6.08 Å². The van der Waals surface area contributed by atoms with Gasteiger partial charge in [-0.3, -0.25) is 14.9 Å². The molecule has 0 aromatic heterocycles. The number of nitrogens with one attached hydrogen (secondary N) is 1. The van der Waals surface area contributed by atoms with E-state index in [1.165, 1.54) is 19.3 Å². The minimum absolute atomic E-state index is 0.0170. The Morgan fingerprint density at radius 3 is 2.57 bits per heavy atom. The van der Waals surface area contributed by atoms with E-state index in [1.54, 1.807) is 6.08 Å². The molecule has 10 heteroatoms. The summed E-state index contributed by atoms with van der Waals surface area (Å²) in [4.78, 5) is 32.1. The highest BCUT2D eigenvalue weighted by Gasteiger charge is 2.21. The van der Waals surface area contributed by atoms with E-state index < -0.39 is 16.9 Å². The van der Waals surface area contributed by atoms with Crippen LogP contribution < -0.4 is 21.5 Å². The van der Waals surface area contributed by atoms with Crippen LogP contribution in [-0.4, -0.2) is 37.2 Å². The number of methoxy groups -OCH3 is 1. The zero-order chi connectivity index (χ0) is 17.4. The summed E-state index contributed by atoms with van der Waals surface area (Å²) >= 11 is 0. The third-order valence-electron chi connectivity index (χ3n) is 2.67. The van der Waals surface area contributed by atoms with Crippen molar-refractivity contribution in [3.63, 3.8) is 0 Å². The minimum Gasteiger partial charge on any atom is -0.494 e. The number of hydrogen-bond donors (Lipinski definition) is 3. The molecule has 0 fully saturated rings. The number of nitro benzene ring substituents is 1. The van der Waals surface area contributed by atoms with Crippen LogP contribution >= 0.6 is 0 Å². The first-order chi connectivity index (χ1) is 10.9. The standard InChI is InChI=1S/C13H16N4O6/c1-22-10-7-8(12(14)18)6-9(17(20)21)11(10)16-4-2-3-5-23-13(15)19/h2-3,6-7,16H,4-5H2,1H3,(H2,14,18)(H2,15,19)/b3-2+. The van der Waals surface area contributed by atoms with Crippen molar-refractivity contribution >= 4 is 23.4 Å². The van der Waals surface area contributed by atoms with E-state index in [9.17, 15) is 19.7 Å². The molecule has 1 aromatic rings. The van der Waals surface area contributed by atoms with Gasteiger partial charge in [0.05, 0.1) is 12.0 Å². The summed E-state index contributed by atoms with van der Waals surface area (Å²) in [5.41, 5.74) is 9.64. The first kappa shape index (κ1) is 17.8. The highest BCUT2D eigenvalue weighted by atomic mass is 16.6. The Morgan fingerprint density at radius 2 is 2.04 bits per heavy atom. The van der Waals surface area contributed by atoms with Gasteiger partial charge >= 0.3 is 6.09 Å². The molecule has 5 N–H and O–H groups in total. The molecule has 10 nitrogen and oxygen atoms in total. The SMILES string of the molecule is COc1cc(C(N)=O)cc([N+](=O)[O-])c1NC/C=C/COC(N)=O. The van der Waals surface area contributed by atoms with Crippen molar-refractivity contribution in [2.45, 2.75) is 0 Å². The van der Waals surface area contributed by atoms with Crippen LogP contribution in [0.2, 0.25) is 0 Å². The Balaban J connectivity index is 2.93. The predicted octanol–water partition coefficient (Wildman–Crippen LogP) is 0.766. The number of anilines is 1. The smallest absolute Gasteiger partial charge is 0.404 e. The van der Waals surface area contributed by atoms with Gasteiger partial charge in [0.2, 0.25) is 5.91 Å². The van der Waals surface area contributed by atoms with E-state index in [0.717, 1.165) is 6.07 Å². The van der Waals surface area contributed by atoms with Crippen LogP contribution in [0.4, 0.5) is 16.2 Å². The Kier molecular flexibility index (Phi) is 6.34. The average Bonchev–Trinajstić information content (AvgIpc) is 2.49. The van der Waals surface area contributed by atoms with Crippen molar-refractivity contribution in [1.82, 2.24) is 0 Å². The fourth-order valence-corrected chi connectivity index (χ4v) is 1.67. The zero-order valence-electron chi connectivity index (χ0n) is 12.3. The number of nitrogens with zero attached hydrogens (tertiary/aromatic N) is 1. The highest BCUT2D eigenvalue weighted by molar-refractivity contribution is 5.95. The molecular formula is C13H16N4O6. The Labute approximate surface area is 131 Å². The summed E-state index contributed by atoms with van der Waals surface area (Å²) in [5.74, 6) is -0.698. The number of rotatable bonds is 8. The molecule has 1 rings (SSSR count). The maximum Gasteiger partial charge on any atom is 0.404 e. The minimum atomic E-state index is -0.901. The van der Waals surface area contributed by atoms with Gasteiger partial charge in [0.15, 0.2) is 5.69 Å². The Bertz CT molecular complexity index is 644. The number of carbonyl (C=O) groups is 2. The molecule has 0 saturated carbocycles. The van der Waals surface area contributed by atoms with E-state index in [2.05, 4.69) is 10.1 Å². The maximum absolute atomic E-state index is 11.2. The predicted molar refractivity (Wildman–Crippen MR) is 81.3 cm³/mol. The number of nitro groups is 1. The molecule has 0 bridgehead atoms. The van der Waals surface area contributed by atoms with Gasteiger partial charge in [0.25, 0.3) is 5.69 Å². The number of primary amides is 2. The second-order valence-corrected chi connectivity index (χ2v) is 4.18. The quantitative estimate of drug-likeness (QED) is 0.361. The highest BCUT2D eigenvalue weighted by Crippen LogP contribution is 2.35. The Morgan fingerprint density at radius 1 is 1.35 bits per heavy atom. The topological polar surface area (TPSA) is 160 Å². The first-order valence-electron chi connectivity index (χ1n) is 6.34. The molecule has 0 radical (unpaired) electrons. The van der Waals surface area contributed by atoms with Crippen LogP contribution in [0, 0.1) is 10.1 Å². The summed E-state index contributed by atoms with van der Waals surface area (Å²) in [6.45, 7) is 0.173. The van der Waals surface area contributed by atoms with Gasteiger partial charge in [-0.15, -0.1) is 0 Å². The summed E-state index contributed by atoms with van der Waals surface area (Å²) in [6.07, 6.45) is 2.18. The summed E-state index contributed by atoms with van der Waals surface area (Å²) in [7, 11) is 1.31. The monoisotopic (exact) mass is 324 g/mol. The molecule has 0 aliphatic rings. The lowest BCUT2D eigenvalue weighted by atomic mass is 10.1.